The maximum atomic E-state index is 11.6. The van der Waals surface area contributed by atoms with Crippen LogP contribution in [0, 0.1) is 5.92 Å². The van der Waals surface area contributed by atoms with E-state index in [0.717, 1.165) is 6.54 Å². The monoisotopic (exact) mass is 244 g/mol. The second-order valence-electron chi connectivity index (χ2n) is 4.53. The molecule has 0 aliphatic carbocycles. The maximum absolute atomic E-state index is 11.6. The topological polar surface area (TPSA) is 87.7 Å². The van der Waals surface area contributed by atoms with Crippen LogP contribution in [0.1, 0.15) is 20.3 Å². The van der Waals surface area contributed by atoms with Gasteiger partial charge in [-0.15, -0.1) is 0 Å². The molecule has 2 atom stereocenters. The highest BCUT2D eigenvalue weighted by molar-refractivity contribution is 5.83. The molecule has 0 radical (unpaired) electrons. The van der Waals surface area contributed by atoms with Gasteiger partial charge in [0.25, 0.3) is 0 Å². The van der Waals surface area contributed by atoms with Gasteiger partial charge < -0.3 is 20.5 Å². The van der Waals surface area contributed by atoms with Gasteiger partial charge in [0, 0.05) is 13.1 Å². The summed E-state index contributed by atoms with van der Waals surface area (Å²) in [6.07, 6.45) is 0.0362. The van der Waals surface area contributed by atoms with Crippen molar-refractivity contribution >= 4 is 11.9 Å². The molecule has 0 aromatic carbocycles. The lowest BCUT2D eigenvalue weighted by atomic mass is 10.0. The summed E-state index contributed by atoms with van der Waals surface area (Å²) in [6, 6.07) is -0.834. The first kappa shape index (κ1) is 13.9. The molecule has 1 amide bonds. The molecule has 0 saturated carbocycles. The van der Waals surface area contributed by atoms with Gasteiger partial charge in [0.05, 0.1) is 19.1 Å². The predicted octanol–water partition coefficient (Wildman–Crippen LogP) is -0.410. The first-order valence-corrected chi connectivity index (χ1v) is 5.85. The second kappa shape index (κ2) is 6.56. The second-order valence-corrected chi connectivity index (χ2v) is 4.53. The molecular formula is C11H20N2O4. The Kier molecular flexibility index (Phi) is 5.37. The first-order chi connectivity index (χ1) is 8.00. The van der Waals surface area contributed by atoms with Crippen LogP contribution in [0.25, 0.3) is 0 Å². The minimum Gasteiger partial charge on any atom is -0.480 e. The molecule has 1 rings (SSSR count). The molecule has 1 fully saturated rings. The zero-order valence-corrected chi connectivity index (χ0v) is 10.2. The third-order valence-electron chi connectivity index (χ3n) is 2.67. The number of nitrogens with one attached hydrogen (secondary N) is 2. The van der Waals surface area contributed by atoms with Crippen molar-refractivity contribution in [3.8, 4) is 0 Å². The van der Waals surface area contributed by atoms with E-state index in [0.29, 0.717) is 13.2 Å². The van der Waals surface area contributed by atoms with E-state index in [1.165, 1.54) is 0 Å². The number of morpholine rings is 1. The Morgan fingerprint density at radius 3 is 2.71 bits per heavy atom. The van der Waals surface area contributed by atoms with Gasteiger partial charge in [-0.1, -0.05) is 13.8 Å². The molecule has 6 nitrogen and oxygen atoms in total. The van der Waals surface area contributed by atoms with Gasteiger partial charge in [-0.2, -0.15) is 0 Å². The zero-order chi connectivity index (χ0) is 12.8. The minimum atomic E-state index is -1.00. The van der Waals surface area contributed by atoms with Crippen LogP contribution >= 0.6 is 0 Å². The van der Waals surface area contributed by atoms with E-state index in [4.69, 9.17) is 9.84 Å². The highest BCUT2D eigenvalue weighted by Crippen LogP contribution is 2.05. The molecule has 1 aliphatic rings. The number of carbonyl (C=O) groups is 2. The highest BCUT2D eigenvalue weighted by Gasteiger charge is 2.25. The van der Waals surface area contributed by atoms with E-state index in [1.54, 1.807) is 13.8 Å². The molecule has 0 aromatic rings. The molecule has 17 heavy (non-hydrogen) atoms. The number of carboxylic acids is 1. The molecule has 1 unspecified atom stereocenters. The number of rotatable bonds is 5. The van der Waals surface area contributed by atoms with Crippen molar-refractivity contribution in [1.82, 2.24) is 10.6 Å². The number of ether oxygens (including phenoxy) is 1. The van der Waals surface area contributed by atoms with E-state index in [2.05, 4.69) is 10.6 Å². The molecule has 1 aliphatic heterocycles. The lowest BCUT2D eigenvalue weighted by Gasteiger charge is -2.24. The van der Waals surface area contributed by atoms with E-state index < -0.39 is 12.0 Å². The summed E-state index contributed by atoms with van der Waals surface area (Å²) >= 11 is 0. The van der Waals surface area contributed by atoms with Crippen LogP contribution in [0.4, 0.5) is 0 Å². The number of hydrogen-bond donors (Lipinski definition) is 3. The lowest BCUT2D eigenvalue weighted by Crippen LogP contribution is -2.47. The normalized spacial score (nSPS) is 22.2. The largest absolute Gasteiger partial charge is 0.480 e. The van der Waals surface area contributed by atoms with Crippen LogP contribution in [-0.2, 0) is 14.3 Å². The van der Waals surface area contributed by atoms with Crippen molar-refractivity contribution in [2.75, 3.05) is 19.7 Å². The standard InChI is InChI=1S/C11H20N2O4/c1-7(2)10(11(15)16)13-9(14)5-8-6-12-3-4-17-8/h7-8,10,12H,3-6H2,1-2H3,(H,13,14)(H,15,16)/t8?,10-/m1/s1. The Labute approximate surface area is 101 Å². The number of aliphatic carboxylic acids is 1. The summed E-state index contributed by atoms with van der Waals surface area (Å²) in [5.74, 6) is -1.42. The van der Waals surface area contributed by atoms with Gasteiger partial charge >= 0.3 is 5.97 Å². The molecule has 98 valence electrons. The van der Waals surface area contributed by atoms with Crippen LogP contribution in [-0.4, -0.2) is 48.8 Å². The summed E-state index contributed by atoms with van der Waals surface area (Å²) in [6.45, 7) is 5.54. The van der Waals surface area contributed by atoms with Crippen LogP contribution in [0.2, 0.25) is 0 Å². The van der Waals surface area contributed by atoms with Crippen molar-refractivity contribution in [2.24, 2.45) is 5.92 Å². The smallest absolute Gasteiger partial charge is 0.326 e. The SMILES string of the molecule is CC(C)[C@@H](NC(=O)CC1CNCCO1)C(=O)O. The Morgan fingerprint density at radius 2 is 2.24 bits per heavy atom. The average molecular weight is 244 g/mol. The molecule has 6 heteroatoms. The van der Waals surface area contributed by atoms with Gasteiger partial charge in [-0.25, -0.2) is 4.79 Å². The third kappa shape index (κ3) is 4.70. The minimum absolute atomic E-state index is 0.137. The van der Waals surface area contributed by atoms with Crippen molar-refractivity contribution in [2.45, 2.75) is 32.4 Å². The summed E-state index contributed by atoms with van der Waals surface area (Å²) in [4.78, 5) is 22.6. The van der Waals surface area contributed by atoms with Crippen LogP contribution in [0.3, 0.4) is 0 Å². The van der Waals surface area contributed by atoms with Gasteiger partial charge in [-0.05, 0) is 5.92 Å². The molecular weight excluding hydrogens is 224 g/mol. The van der Waals surface area contributed by atoms with Crippen molar-refractivity contribution in [1.29, 1.82) is 0 Å². The number of amides is 1. The summed E-state index contributed by atoms with van der Waals surface area (Å²) in [5, 5.41) is 14.6. The van der Waals surface area contributed by atoms with Gasteiger partial charge in [0.15, 0.2) is 0 Å². The van der Waals surface area contributed by atoms with Crippen LogP contribution in [0.5, 0.6) is 0 Å². The quantitative estimate of drug-likeness (QED) is 0.612. The third-order valence-corrected chi connectivity index (χ3v) is 2.67. The maximum Gasteiger partial charge on any atom is 0.326 e. The van der Waals surface area contributed by atoms with E-state index in [-0.39, 0.29) is 24.3 Å². The molecule has 0 aromatic heterocycles. The predicted molar refractivity (Wildman–Crippen MR) is 61.6 cm³/mol. The number of hydrogen-bond acceptors (Lipinski definition) is 4. The molecule has 1 saturated heterocycles. The van der Waals surface area contributed by atoms with Gasteiger partial charge in [-0.3, -0.25) is 4.79 Å². The van der Waals surface area contributed by atoms with E-state index in [9.17, 15) is 9.59 Å². The van der Waals surface area contributed by atoms with Crippen LogP contribution < -0.4 is 10.6 Å². The fraction of sp³-hybridized carbons (Fsp3) is 0.818. The Hall–Kier alpha value is -1.14. The molecule has 0 spiro atoms. The Balaban J connectivity index is 2.38. The zero-order valence-electron chi connectivity index (χ0n) is 10.2. The molecule has 3 N–H and O–H groups in total. The van der Waals surface area contributed by atoms with Crippen molar-refractivity contribution in [3.63, 3.8) is 0 Å². The molecule has 1 heterocycles. The Bertz CT molecular complexity index is 275. The lowest BCUT2D eigenvalue weighted by molar-refractivity contribution is -0.143. The summed E-state index contributed by atoms with van der Waals surface area (Å²) < 4.78 is 5.38. The van der Waals surface area contributed by atoms with Gasteiger partial charge in [0.2, 0.25) is 5.91 Å². The number of carboxylic acid groups (broad SMARTS) is 1. The van der Waals surface area contributed by atoms with Crippen molar-refractivity contribution in [3.05, 3.63) is 0 Å². The fourth-order valence-corrected chi connectivity index (χ4v) is 1.70. The van der Waals surface area contributed by atoms with Crippen molar-refractivity contribution < 1.29 is 19.4 Å². The van der Waals surface area contributed by atoms with Gasteiger partial charge in [0.1, 0.15) is 6.04 Å². The average Bonchev–Trinajstić information content (AvgIpc) is 2.26. The summed E-state index contributed by atoms with van der Waals surface area (Å²) in [7, 11) is 0. The fourth-order valence-electron chi connectivity index (χ4n) is 1.70. The van der Waals surface area contributed by atoms with Crippen LogP contribution in [0.15, 0.2) is 0 Å². The van der Waals surface area contributed by atoms with E-state index in [1.807, 2.05) is 0 Å². The number of carbonyl (C=O) groups excluding carboxylic acids is 1. The molecule has 0 bridgehead atoms. The first-order valence-electron chi connectivity index (χ1n) is 5.85. The van der Waals surface area contributed by atoms with E-state index >= 15 is 0 Å². The summed E-state index contributed by atoms with van der Waals surface area (Å²) in [5.41, 5.74) is 0. The Morgan fingerprint density at radius 1 is 1.53 bits per heavy atom. The highest BCUT2D eigenvalue weighted by atomic mass is 16.5.